The van der Waals surface area contributed by atoms with Crippen molar-refractivity contribution in [1.82, 2.24) is 4.98 Å². The van der Waals surface area contributed by atoms with Crippen LogP contribution in [0.25, 0.3) is 0 Å². The van der Waals surface area contributed by atoms with Crippen molar-refractivity contribution in [3.63, 3.8) is 0 Å². The van der Waals surface area contributed by atoms with Crippen molar-refractivity contribution in [2.45, 2.75) is 6.36 Å². The first-order chi connectivity index (χ1) is 6.79. The Kier molecular flexibility index (Phi) is 3.04. The minimum absolute atomic E-state index is 0.292. The third-order valence-electron chi connectivity index (χ3n) is 1.27. The normalized spacial score (nSPS) is 11.2. The van der Waals surface area contributed by atoms with Gasteiger partial charge in [-0.25, -0.2) is 9.78 Å². The Morgan fingerprint density at radius 3 is 2.53 bits per heavy atom. The maximum absolute atomic E-state index is 11.8. The van der Waals surface area contributed by atoms with Crippen molar-refractivity contribution in [2.24, 2.45) is 0 Å². The van der Waals surface area contributed by atoms with Crippen LogP contribution in [0.1, 0.15) is 10.4 Å². The zero-order valence-corrected chi connectivity index (χ0v) is 7.63. The first-order valence-corrected chi connectivity index (χ1v) is 3.83. The highest BCUT2D eigenvalue weighted by Crippen LogP contribution is 2.25. The van der Waals surface area contributed by atoms with Gasteiger partial charge < -0.3 is 9.84 Å². The molecule has 1 aromatic heterocycles. The lowest BCUT2D eigenvalue weighted by molar-refractivity contribution is -0.276. The van der Waals surface area contributed by atoms with E-state index in [0.29, 0.717) is 0 Å². The van der Waals surface area contributed by atoms with Crippen LogP contribution in [0.4, 0.5) is 13.2 Å². The molecule has 4 nitrogen and oxygen atoms in total. The molecule has 0 unspecified atom stereocenters. The van der Waals surface area contributed by atoms with E-state index < -0.39 is 23.8 Å². The number of nitrogens with zero attached hydrogens (tertiary/aromatic N) is 1. The fraction of sp³-hybridized carbons (Fsp3) is 0.143. The Morgan fingerprint density at radius 2 is 2.07 bits per heavy atom. The SMILES string of the molecule is O=C(O)c1ccc(Cl)nc1OC(F)(F)F. The molecule has 0 saturated heterocycles. The average molecular weight is 242 g/mol. The predicted octanol–water partition coefficient (Wildman–Crippen LogP) is 2.33. The lowest BCUT2D eigenvalue weighted by atomic mass is 10.3. The summed E-state index contributed by atoms with van der Waals surface area (Å²) in [6, 6.07) is 1.92. The van der Waals surface area contributed by atoms with Crippen LogP contribution >= 0.6 is 11.6 Å². The van der Waals surface area contributed by atoms with Crippen molar-refractivity contribution in [3.05, 3.63) is 22.8 Å². The second-order valence-electron chi connectivity index (χ2n) is 2.34. The molecule has 8 heteroatoms. The smallest absolute Gasteiger partial charge is 0.477 e. The highest BCUT2D eigenvalue weighted by Gasteiger charge is 2.34. The number of carboxylic acids is 1. The number of carbonyl (C=O) groups is 1. The molecule has 0 fully saturated rings. The summed E-state index contributed by atoms with van der Waals surface area (Å²) < 4.78 is 38.9. The number of aromatic nitrogens is 1. The van der Waals surface area contributed by atoms with Gasteiger partial charge in [-0.2, -0.15) is 0 Å². The fourth-order valence-corrected chi connectivity index (χ4v) is 0.908. The van der Waals surface area contributed by atoms with Gasteiger partial charge in [0.25, 0.3) is 0 Å². The van der Waals surface area contributed by atoms with E-state index >= 15 is 0 Å². The van der Waals surface area contributed by atoms with Crippen LogP contribution in [0.3, 0.4) is 0 Å². The molecule has 15 heavy (non-hydrogen) atoms. The topological polar surface area (TPSA) is 59.4 Å². The van der Waals surface area contributed by atoms with Crippen LogP contribution in [0.5, 0.6) is 5.88 Å². The minimum atomic E-state index is -5.01. The van der Waals surface area contributed by atoms with Gasteiger partial charge in [-0.05, 0) is 12.1 Å². The summed E-state index contributed by atoms with van der Waals surface area (Å²) in [4.78, 5) is 13.6. The Labute approximate surface area is 86.3 Å². The molecule has 82 valence electrons. The van der Waals surface area contributed by atoms with Gasteiger partial charge in [-0.3, -0.25) is 0 Å². The molecule has 0 bridgehead atoms. The second-order valence-corrected chi connectivity index (χ2v) is 2.73. The van der Waals surface area contributed by atoms with Crippen molar-refractivity contribution in [1.29, 1.82) is 0 Å². The standard InChI is InChI=1S/C7H3ClF3NO3/c8-4-2-1-3(6(13)14)5(12-4)15-7(9,10)11/h1-2H,(H,13,14). The van der Waals surface area contributed by atoms with Gasteiger partial charge >= 0.3 is 12.3 Å². The monoisotopic (exact) mass is 241 g/mol. The van der Waals surface area contributed by atoms with Gasteiger partial charge in [0.1, 0.15) is 10.7 Å². The number of carboxylic acid groups (broad SMARTS) is 1. The van der Waals surface area contributed by atoms with Crippen molar-refractivity contribution in [2.75, 3.05) is 0 Å². The molecule has 1 rings (SSSR count). The maximum atomic E-state index is 11.8. The van der Waals surface area contributed by atoms with E-state index in [9.17, 15) is 18.0 Å². The van der Waals surface area contributed by atoms with E-state index in [1.807, 2.05) is 0 Å². The first-order valence-electron chi connectivity index (χ1n) is 3.45. The highest BCUT2D eigenvalue weighted by atomic mass is 35.5. The maximum Gasteiger partial charge on any atom is 0.574 e. The second kappa shape index (κ2) is 3.93. The van der Waals surface area contributed by atoms with Gasteiger partial charge in [0.15, 0.2) is 0 Å². The Bertz CT molecular complexity index is 394. The molecule has 1 N–H and O–H groups in total. The Hall–Kier alpha value is -1.50. The summed E-state index contributed by atoms with van der Waals surface area (Å²) in [5.74, 6) is -2.67. The van der Waals surface area contributed by atoms with E-state index in [1.165, 1.54) is 0 Å². The van der Waals surface area contributed by atoms with E-state index in [1.54, 1.807) is 0 Å². The number of alkyl halides is 3. The molecule has 1 heterocycles. The largest absolute Gasteiger partial charge is 0.574 e. The molecule has 1 aromatic rings. The summed E-state index contributed by atoms with van der Waals surface area (Å²) in [5.41, 5.74) is -0.711. The third-order valence-corrected chi connectivity index (χ3v) is 1.48. The molecule has 0 aliphatic rings. The van der Waals surface area contributed by atoms with Crippen LogP contribution in [0.15, 0.2) is 12.1 Å². The van der Waals surface area contributed by atoms with Crippen molar-refractivity contribution < 1.29 is 27.8 Å². The number of halogens is 4. The zero-order valence-electron chi connectivity index (χ0n) is 6.88. The minimum Gasteiger partial charge on any atom is -0.477 e. The lowest BCUT2D eigenvalue weighted by Gasteiger charge is -2.09. The van der Waals surface area contributed by atoms with Gasteiger partial charge in [0.2, 0.25) is 5.88 Å². The quantitative estimate of drug-likeness (QED) is 0.808. The lowest BCUT2D eigenvalue weighted by Crippen LogP contribution is -2.20. The average Bonchev–Trinajstić information content (AvgIpc) is 1.99. The van der Waals surface area contributed by atoms with Gasteiger partial charge in [-0.15, -0.1) is 13.2 Å². The number of aromatic carboxylic acids is 1. The molecule has 0 aromatic carbocycles. The third kappa shape index (κ3) is 3.28. The Balaban J connectivity index is 3.13. The molecular weight excluding hydrogens is 239 g/mol. The van der Waals surface area contributed by atoms with Crippen LogP contribution < -0.4 is 4.74 Å². The van der Waals surface area contributed by atoms with Gasteiger partial charge in [0, 0.05) is 0 Å². The molecule has 0 radical (unpaired) electrons. The number of rotatable bonds is 2. The number of pyridine rings is 1. The number of hydrogen-bond donors (Lipinski definition) is 1. The molecule has 0 aliphatic heterocycles. The van der Waals surface area contributed by atoms with Crippen LogP contribution in [-0.2, 0) is 0 Å². The van der Waals surface area contributed by atoms with Crippen LogP contribution in [0.2, 0.25) is 5.15 Å². The molecule has 0 amide bonds. The molecule has 0 saturated carbocycles. The Morgan fingerprint density at radius 1 is 1.47 bits per heavy atom. The summed E-state index contributed by atoms with van der Waals surface area (Å²) in [7, 11) is 0. The van der Waals surface area contributed by atoms with Crippen molar-refractivity contribution in [3.8, 4) is 5.88 Å². The molecule has 0 aliphatic carbocycles. The van der Waals surface area contributed by atoms with Crippen LogP contribution in [0, 0.1) is 0 Å². The summed E-state index contributed by atoms with van der Waals surface area (Å²) in [6.07, 6.45) is -5.01. The fourth-order valence-electron chi connectivity index (χ4n) is 0.768. The van der Waals surface area contributed by atoms with E-state index in [2.05, 4.69) is 9.72 Å². The molecule has 0 atom stereocenters. The number of ether oxygens (including phenoxy) is 1. The van der Waals surface area contributed by atoms with Crippen molar-refractivity contribution >= 4 is 17.6 Å². The number of hydrogen-bond acceptors (Lipinski definition) is 3. The van der Waals surface area contributed by atoms with E-state index in [-0.39, 0.29) is 5.15 Å². The summed E-state index contributed by atoms with van der Waals surface area (Å²) >= 11 is 5.30. The summed E-state index contributed by atoms with van der Waals surface area (Å²) in [5, 5.41) is 8.23. The summed E-state index contributed by atoms with van der Waals surface area (Å²) in [6.45, 7) is 0. The first kappa shape index (κ1) is 11.6. The highest BCUT2D eigenvalue weighted by molar-refractivity contribution is 6.29. The molecular formula is C7H3ClF3NO3. The van der Waals surface area contributed by atoms with Crippen LogP contribution in [-0.4, -0.2) is 22.4 Å². The van der Waals surface area contributed by atoms with E-state index in [4.69, 9.17) is 16.7 Å². The predicted molar refractivity (Wildman–Crippen MR) is 42.9 cm³/mol. The van der Waals surface area contributed by atoms with Gasteiger partial charge in [0.05, 0.1) is 0 Å². The van der Waals surface area contributed by atoms with Gasteiger partial charge in [-0.1, -0.05) is 11.6 Å². The van der Waals surface area contributed by atoms with E-state index in [0.717, 1.165) is 12.1 Å². The zero-order chi connectivity index (χ0) is 11.6. The molecule has 0 spiro atoms.